The van der Waals surface area contributed by atoms with Crippen LogP contribution < -0.4 is 20.1 Å². The van der Waals surface area contributed by atoms with Gasteiger partial charge in [-0.25, -0.2) is 4.21 Å². The fourth-order valence-corrected chi connectivity index (χ4v) is 4.30. The minimum absolute atomic E-state index is 0.657. The number of rotatable bonds is 10. The summed E-state index contributed by atoms with van der Waals surface area (Å²) >= 11 is 0. The van der Waals surface area contributed by atoms with Gasteiger partial charge in [0.05, 0.1) is 33.8 Å². The lowest BCUT2D eigenvalue weighted by molar-refractivity contribution is 0.309. The molecule has 0 amide bonds. The van der Waals surface area contributed by atoms with Crippen LogP contribution >= 0.6 is 0 Å². The summed E-state index contributed by atoms with van der Waals surface area (Å²) in [6.07, 6.45) is 1.89. The molecule has 2 N–H and O–H groups in total. The molecule has 2 aromatic rings. The summed E-state index contributed by atoms with van der Waals surface area (Å²) in [5.41, 5.74) is 1.95. The Kier molecular flexibility index (Phi) is 6.66. The first-order valence-electron chi connectivity index (χ1n) is 8.99. The van der Waals surface area contributed by atoms with Crippen LogP contribution in [0.3, 0.4) is 0 Å². The van der Waals surface area contributed by atoms with E-state index in [4.69, 9.17) is 9.47 Å². The third-order valence-electron chi connectivity index (χ3n) is 4.27. The van der Waals surface area contributed by atoms with Crippen molar-refractivity contribution < 1.29 is 13.7 Å². The van der Waals surface area contributed by atoms with Crippen LogP contribution in [-0.2, 0) is 10.8 Å². The minimum Gasteiger partial charge on any atom is -0.494 e. The lowest BCUT2D eigenvalue weighted by Gasteiger charge is -2.09. The number of ether oxygens (including phenoxy) is 2. The Morgan fingerprint density at radius 2 is 1.27 bits per heavy atom. The Balaban J connectivity index is 1.77. The Morgan fingerprint density at radius 1 is 0.808 bits per heavy atom. The van der Waals surface area contributed by atoms with Gasteiger partial charge in [0.15, 0.2) is 0 Å². The van der Waals surface area contributed by atoms with Crippen molar-refractivity contribution in [2.45, 2.75) is 22.6 Å². The molecule has 140 valence electrons. The molecule has 0 aromatic heterocycles. The van der Waals surface area contributed by atoms with Crippen LogP contribution in [0.2, 0.25) is 0 Å². The third-order valence-corrected chi connectivity index (χ3v) is 5.78. The van der Waals surface area contributed by atoms with Gasteiger partial charge in [0.2, 0.25) is 0 Å². The molecule has 0 aliphatic carbocycles. The van der Waals surface area contributed by atoms with Gasteiger partial charge >= 0.3 is 0 Å². The van der Waals surface area contributed by atoms with Crippen molar-refractivity contribution in [1.82, 2.24) is 10.6 Å². The van der Waals surface area contributed by atoms with Gasteiger partial charge in [-0.3, -0.25) is 0 Å². The van der Waals surface area contributed by atoms with Gasteiger partial charge in [-0.15, -0.1) is 0 Å². The van der Waals surface area contributed by atoms with E-state index < -0.39 is 10.8 Å². The molecule has 0 unspecified atom stereocenters. The molecular weight excluding hydrogens is 348 g/mol. The average molecular weight is 375 g/mol. The Bertz CT molecular complexity index is 716. The maximum Gasteiger partial charge on any atom is 0.119 e. The summed E-state index contributed by atoms with van der Waals surface area (Å²) in [6, 6.07) is 11.6. The maximum absolute atomic E-state index is 12.7. The fourth-order valence-electron chi connectivity index (χ4n) is 2.94. The maximum atomic E-state index is 12.7. The van der Waals surface area contributed by atoms with Gasteiger partial charge in [-0.2, -0.15) is 0 Å². The predicted octanol–water partition coefficient (Wildman–Crippen LogP) is 2.81. The molecule has 3 rings (SSSR count). The van der Waals surface area contributed by atoms with E-state index in [0.29, 0.717) is 13.2 Å². The Hall–Kier alpha value is -1.89. The highest BCUT2D eigenvalue weighted by atomic mass is 32.2. The molecule has 0 bridgehead atoms. The quantitative estimate of drug-likeness (QED) is 0.535. The van der Waals surface area contributed by atoms with Crippen LogP contribution in [0.4, 0.5) is 0 Å². The Labute approximate surface area is 157 Å². The molecule has 0 fully saturated rings. The summed E-state index contributed by atoms with van der Waals surface area (Å²) in [5.74, 6) is 1.62. The average Bonchev–Trinajstić information content (AvgIpc) is 2.94. The van der Waals surface area contributed by atoms with Crippen LogP contribution in [0.15, 0.2) is 46.2 Å². The molecule has 1 heterocycles. The van der Waals surface area contributed by atoms with Crippen molar-refractivity contribution in [2.24, 2.45) is 0 Å². The molecule has 0 saturated carbocycles. The van der Waals surface area contributed by atoms with Gasteiger partial charge < -0.3 is 20.1 Å². The van der Waals surface area contributed by atoms with Crippen LogP contribution in [-0.4, -0.2) is 44.6 Å². The largest absolute Gasteiger partial charge is 0.494 e. The van der Waals surface area contributed by atoms with E-state index in [1.54, 1.807) is 0 Å². The van der Waals surface area contributed by atoms with E-state index in [0.717, 1.165) is 58.3 Å². The highest BCUT2D eigenvalue weighted by Gasteiger charge is 2.26. The normalized spacial score (nSPS) is 12.7. The van der Waals surface area contributed by atoms with Crippen LogP contribution in [0.1, 0.15) is 12.8 Å². The van der Waals surface area contributed by atoms with E-state index in [2.05, 4.69) is 10.6 Å². The van der Waals surface area contributed by atoms with Crippen molar-refractivity contribution in [2.75, 3.05) is 40.4 Å². The number of nitrogens with one attached hydrogen (secondary N) is 2. The lowest BCUT2D eigenvalue weighted by atomic mass is 10.1. The lowest BCUT2D eigenvalue weighted by Crippen LogP contribution is -2.11. The van der Waals surface area contributed by atoms with Gasteiger partial charge in [0.1, 0.15) is 11.5 Å². The number of hydrogen-bond acceptors (Lipinski definition) is 5. The second-order valence-electron chi connectivity index (χ2n) is 6.20. The van der Waals surface area contributed by atoms with Crippen LogP contribution in [0.25, 0.3) is 11.1 Å². The van der Waals surface area contributed by atoms with Crippen molar-refractivity contribution >= 4 is 10.8 Å². The van der Waals surface area contributed by atoms with Crippen LogP contribution in [0.5, 0.6) is 11.5 Å². The fraction of sp³-hybridized carbons (Fsp3) is 0.400. The summed E-state index contributed by atoms with van der Waals surface area (Å²) < 4.78 is 24.4. The smallest absolute Gasteiger partial charge is 0.119 e. The molecule has 1 aliphatic heterocycles. The molecule has 26 heavy (non-hydrogen) atoms. The molecule has 5 nitrogen and oxygen atoms in total. The van der Waals surface area contributed by atoms with Gasteiger partial charge in [-0.05, 0) is 76.4 Å². The number of fused-ring (bicyclic) bond motifs is 3. The third kappa shape index (κ3) is 4.26. The molecule has 6 heteroatoms. The minimum atomic E-state index is -1.14. The van der Waals surface area contributed by atoms with E-state index in [9.17, 15) is 4.21 Å². The van der Waals surface area contributed by atoms with Gasteiger partial charge in [0, 0.05) is 11.1 Å². The molecule has 0 radical (unpaired) electrons. The molecule has 0 saturated heterocycles. The molecule has 0 atom stereocenters. The first-order chi connectivity index (χ1) is 12.7. The standard InChI is InChI=1S/C20H26N2O3S/c1-21-9-3-11-24-15-5-7-19-17(13-15)18-14-16(25-12-4-10-22-2)6-8-20(18)26(19)23/h5-8,13-14,21-22H,3-4,9-12H2,1-2H3. The summed E-state index contributed by atoms with van der Waals surface area (Å²) in [7, 11) is 2.72. The molecule has 0 spiro atoms. The van der Waals surface area contributed by atoms with Crippen molar-refractivity contribution in [3.63, 3.8) is 0 Å². The zero-order chi connectivity index (χ0) is 18.4. The Morgan fingerprint density at radius 3 is 1.69 bits per heavy atom. The van der Waals surface area contributed by atoms with Gasteiger partial charge in [0.25, 0.3) is 0 Å². The highest BCUT2D eigenvalue weighted by molar-refractivity contribution is 7.85. The number of benzene rings is 2. The van der Waals surface area contributed by atoms with Crippen molar-refractivity contribution in [1.29, 1.82) is 0 Å². The van der Waals surface area contributed by atoms with Gasteiger partial charge in [-0.1, -0.05) is 0 Å². The summed E-state index contributed by atoms with van der Waals surface area (Å²) in [6.45, 7) is 3.16. The van der Waals surface area contributed by atoms with E-state index in [1.807, 2.05) is 50.5 Å². The van der Waals surface area contributed by atoms with Crippen molar-refractivity contribution in [3.8, 4) is 22.6 Å². The SMILES string of the molecule is CNCCCOc1ccc2c(c1)-c1cc(OCCCNC)ccc1S2=O. The zero-order valence-electron chi connectivity index (χ0n) is 15.3. The second-order valence-corrected chi connectivity index (χ2v) is 7.61. The summed E-state index contributed by atoms with van der Waals surface area (Å²) in [4.78, 5) is 1.69. The van der Waals surface area contributed by atoms with Crippen molar-refractivity contribution in [3.05, 3.63) is 36.4 Å². The monoisotopic (exact) mass is 374 g/mol. The number of hydrogen-bond donors (Lipinski definition) is 2. The molecule has 2 aromatic carbocycles. The highest BCUT2D eigenvalue weighted by Crippen LogP contribution is 2.43. The van der Waals surface area contributed by atoms with E-state index in [1.165, 1.54) is 0 Å². The molecular formula is C20H26N2O3S. The second kappa shape index (κ2) is 9.16. The first-order valence-corrected chi connectivity index (χ1v) is 10.1. The predicted molar refractivity (Wildman–Crippen MR) is 105 cm³/mol. The van der Waals surface area contributed by atoms with Crippen LogP contribution in [0, 0.1) is 0 Å². The van der Waals surface area contributed by atoms with E-state index in [-0.39, 0.29) is 0 Å². The topological polar surface area (TPSA) is 59.6 Å². The zero-order valence-corrected chi connectivity index (χ0v) is 16.2. The van der Waals surface area contributed by atoms with E-state index >= 15 is 0 Å². The summed E-state index contributed by atoms with van der Waals surface area (Å²) in [5, 5.41) is 6.21. The first kappa shape index (κ1) is 18.9. The molecule has 1 aliphatic rings.